The molecule has 3 nitrogen and oxygen atoms in total. The van der Waals surface area contributed by atoms with E-state index in [1.54, 1.807) is 19.1 Å². The molecule has 1 unspecified atom stereocenters. The van der Waals surface area contributed by atoms with Gasteiger partial charge in [-0.15, -0.1) is 5.73 Å². The number of nitriles is 1. The van der Waals surface area contributed by atoms with Crippen molar-refractivity contribution in [2.24, 2.45) is 5.92 Å². The van der Waals surface area contributed by atoms with Gasteiger partial charge < -0.3 is 5.11 Å². The third-order valence-corrected chi connectivity index (χ3v) is 5.88. The third kappa shape index (κ3) is 4.15. The Morgan fingerprint density at radius 1 is 1.17 bits per heavy atom. The van der Waals surface area contributed by atoms with Gasteiger partial charge in [0.2, 0.25) is 0 Å². The van der Waals surface area contributed by atoms with Crippen LogP contribution in [-0.4, -0.2) is 10.9 Å². The van der Waals surface area contributed by atoms with Gasteiger partial charge in [0, 0.05) is 22.3 Å². The van der Waals surface area contributed by atoms with Crippen LogP contribution in [0.1, 0.15) is 58.2 Å². The average molecular weight is 400 g/mol. The summed E-state index contributed by atoms with van der Waals surface area (Å²) in [5.41, 5.74) is 10.2. The smallest absolute Gasteiger partial charge is 0.161 e. The van der Waals surface area contributed by atoms with E-state index in [0.717, 1.165) is 27.8 Å². The van der Waals surface area contributed by atoms with E-state index in [4.69, 9.17) is 0 Å². The van der Waals surface area contributed by atoms with Gasteiger partial charge in [0.15, 0.2) is 5.78 Å². The second kappa shape index (κ2) is 8.99. The molecule has 2 rings (SSSR count). The molecule has 0 saturated carbocycles. The number of carbonyl (C=O) groups excluding carboxylic acids is 1. The second-order valence-electron chi connectivity index (χ2n) is 7.92. The lowest BCUT2D eigenvalue weighted by atomic mass is 9.82. The van der Waals surface area contributed by atoms with Gasteiger partial charge in [-0.2, -0.15) is 5.26 Å². The van der Waals surface area contributed by atoms with Gasteiger partial charge in [-0.3, -0.25) is 4.79 Å². The molecule has 0 spiro atoms. The molecule has 0 saturated heterocycles. The molecule has 30 heavy (non-hydrogen) atoms. The van der Waals surface area contributed by atoms with Crippen LogP contribution in [0.5, 0.6) is 0 Å². The first kappa shape index (κ1) is 22.9. The number of Topliss-reactive ketones (excluding diaryl/α,β-unsaturated/α-hetero) is 1. The summed E-state index contributed by atoms with van der Waals surface area (Å²) in [6.07, 6.45) is 2.13. The highest BCUT2D eigenvalue weighted by Gasteiger charge is 2.28. The van der Waals surface area contributed by atoms with Crippen molar-refractivity contribution in [2.45, 2.75) is 48.5 Å². The third-order valence-electron chi connectivity index (χ3n) is 5.88. The number of ketones is 1. The number of aliphatic hydroxyl groups excluding tert-OH is 1. The van der Waals surface area contributed by atoms with E-state index < -0.39 is 0 Å². The second-order valence-corrected chi connectivity index (χ2v) is 7.92. The van der Waals surface area contributed by atoms with Crippen LogP contribution in [0.2, 0.25) is 0 Å². The van der Waals surface area contributed by atoms with E-state index in [2.05, 4.69) is 24.5 Å². The van der Waals surface area contributed by atoms with Crippen LogP contribution in [0.25, 0.3) is 5.57 Å². The number of aliphatic hydroxyl groups is 1. The van der Waals surface area contributed by atoms with Crippen molar-refractivity contribution >= 4 is 11.4 Å². The quantitative estimate of drug-likeness (QED) is 0.349. The number of rotatable bonds is 4. The molecule has 1 N–H and O–H groups in total. The van der Waals surface area contributed by atoms with E-state index in [1.165, 1.54) is 6.92 Å². The topological polar surface area (TPSA) is 61.1 Å². The molecule has 1 atom stereocenters. The van der Waals surface area contributed by atoms with Gasteiger partial charge in [-0.25, -0.2) is 0 Å². The van der Waals surface area contributed by atoms with Crippen LogP contribution < -0.4 is 0 Å². The lowest BCUT2D eigenvalue weighted by molar-refractivity contribution is -0.113. The molecule has 1 aliphatic rings. The Hall–Kier alpha value is -3.34. The Morgan fingerprint density at radius 2 is 1.80 bits per heavy atom. The fourth-order valence-corrected chi connectivity index (χ4v) is 3.84. The van der Waals surface area contributed by atoms with E-state index in [1.807, 2.05) is 40.7 Å². The molecule has 0 heterocycles. The van der Waals surface area contributed by atoms with Gasteiger partial charge in [0.25, 0.3) is 0 Å². The summed E-state index contributed by atoms with van der Waals surface area (Å²) in [5, 5.41) is 20.6. The largest absolute Gasteiger partial charge is 0.507 e. The van der Waals surface area contributed by atoms with Crippen LogP contribution in [0.3, 0.4) is 0 Å². The zero-order chi connectivity index (χ0) is 22.7. The van der Waals surface area contributed by atoms with Gasteiger partial charge >= 0.3 is 0 Å². The maximum Gasteiger partial charge on any atom is 0.161 e. The van der Waals surface area contributed by atoms with Crippen molar-refractivity contribution in [3.63, 3.8) is 0 Å². The Kier molecular flexibility index (Phi) is 6.88. The van der Waals surface area contributed by atoms with Crippen LogP contribution in [0.15, 0.2) is 75.8 Å². The summed E-state index contributed by atoms with van der Waals surface area (Å²) >= 11 is 0. The Bertz CT molecular complexity index is 1140. The summed E-state index contributed by atoms with van der Waals surface area (Å²) in [7, 11) is 0. The summed E-state index contributed by atoms with van der Waals surface area (Å²) in [6.45, 7) is 16.9. The van der Waals surface area contributed by atoms with Crippen molar-refractivity contribution in [1.82, 2.24) is 0 Å². The molecule has 0 aromatic heterocycles. The number of carbonyl (C=O) groups is 1. The maximum absolute atomic E-state index is 12.8. The van der Waals surface area contributed by atoms with Gasteiger partial charge in [-0.1, -0.05) is 31.2 Å². The normalized spacial score (nSPS) is 17.5. The predicted molar refractivity (Wildman–Crippen MR) is 123 cm³/mol. The standard InChI is InChI=1S/C27H29NO2/c1-9-15(2)24(21(8)29)26(23-11-10-22(14-28)13-18(23)5)25-19(6)16(3)12-17(4)20(7)27(25)30/h10-13,17,30H,1H2,2-8H3/b26-24+. The van der Waals surface area contributed by atoms with Crippen molar-refractivity contribution in [3.05, 3.63) is 92.5 Å². The molecule has 154 valence electrons. The number of benzene rings is 1. The molecular weight excluding hydrogens is 370 g/mol. The van der Waals surface area contributed by atoms with Gasteiger partial charge in [0.1, 0.15) is 5.76 Å². The van der Waals surface area contributed by atoms with Crippen LogP contribution >= 0.6 is 0 Å². The lowest BCUT2D eigenvalue weighted by Gasteiger charge is -2.22. The number of nitrogens with zero attached hydrogens (tertiary/aromatic N) is 1. The van der Waals surface area contributed by atoms with Gasteiger partial charge in [-0.05, 0) is 81.9 Å². The molecule has 0 bridgehead atoms. The predicted octanol–water partition coefficient (Wildman–Crippen LogP) is 6.69. The Morgan fingerprint density at radius 3 is 2.30 bits per heavy atom. The van der Waals surface area contributed by atoms with E-state index in [9.17, 15) is 15.2 Å². The molecule has 1 aliphatic carbocycles. The number of hydrogen-bond donors (Lipinski definition) is 1. The minimum atomic E-state index is -0.132. The number of aryl methyl sites for hydroxylation is 1. The summed E-state index contributed by atoms with van der Waals surface area (Å²) in [5.74, 6) is 0.118. The molecule has 0 radical (unpaired) electrons. The Balaban J connectivity index is 3.15. The fourth-order valence-electron chi connectivity index (χ4n) is 3.84. The zero-order valence-electron chi connectivity index (χ0n) is 18.9. The fraction of sp³-hybridized carbons (Fsp3) is 0.296. The van der Waals surface area contributed by atoms with E-state index >= 15 is 0 Å². The molecular formula is C27H29NO2. The number of hydrogen-bond acceptors (Lipinski definition) is 3. The molecule has 0 amide bonds. The molecule has 0 aliphatic heterocycles. The summed E-state index contributed by atoms with van der Waals surface area (Å²) in [4.78, 5) is 12.8. The SMILES string of the molecule is C=C=C(C)/C(C(C)=O)=C(\C1=C(C)C(C)=CC(C)C(C)=C1O)c1ccc(C#N)cc1C. The minimum Gasteiger partial charge on any atom is -0.507 e. The van der Waals surface area contributed by atoms with Gasteiger partial charge in [0.05, 0.1) is 11.6 Å². The first-order chi connectivity index (χ1) is 14.0. The monoisotopic (exact) mass is 399 g/mol. The van der Waals surface area contributed by atoms with Crippen LogP contribution in [0.4, 0.5) is 0 Å². The van der Waals surface area contributed by atoms with Crippen LogP contribution in [-0.2, 0) is 4.79 Å². The maximum atomic E-state index is 12.8. The van der Waals surface area contributed by atoms with Crippen LogP contribution in [0, 0.1) is 24.2 Å². The molecule has 3 heteroatoms. The molecule has 1 aromatic carbocycles. The van der Waals surface area contributed by atoms with Crippen molar-refractivity contribution in [1.29, 1.82) is 5.26 Å². The average Bonchev–Trinajstić information content (AvgIpc) is 2.77. The molecule has 0 fully saturated rings. The lowest BCUT2D eigenvalue weighted by Crippen LogP contribution is -2.10. The first-order valence-electron chi connectivity index (χ1n) is 9.98. The highest BCUT2D eigenvalue weighted by atomic mass is 16.3. The van der Waals surface area contributed by atoms with E-state index in [0.29, 0.717) is 27.9 Å². The summed E-state index contributed by atoms with van der Waals surface area (Å²) in [6, 6.07) is 7.53. The van der Waals surface area contributed by atoms with Crippen molar-refractivity contribution in [3.8, 4) is 6.07 Å². The Labute approximate surface area is 179 Å². The zero-order valence-corrected chi connectivity index (χ0v) is 18.9. The highest BCUT2D eigenvalue weighted by molar-refractivity contribution is 6.09. The van der Waals surface area contributed by atoms with Crippen molar-refractivity contribution < 1.29 is 9.90 Å². The minimum absolute atomic E-state index is 0.0672. The number of allylic oxidation sites excluding steroid dienone is 7. The van der Waals surface area contributed by atoms with E-state index in [-0.39, 0.29) is 17.5 Å². The molecule has 1 aromatic rings. The highest BCUT2D eigenvalue weighted by Crippen LogP contribution is 2.42. The summed E-state index contributed by atoms with van der Waals surface area (Å²) < 4.78 is 0. The first-order valence-corrected chi connectivity index (χ1v) is 9.98. The van der Waals surface area contributed by atoms with Crippen molar-refractivity contribution in [2.75, 3.05) is 0 Å².